The van der Waals surface area contributed by atoms with E-state index in [-0.39, 0.29) is 11.1 Å². The van der Waals surface area contributed by atoms with Crippen LogP contribution in [-0.4, -0.2) is 21.8 Å². The van der Waals surface area contributed by atoms with Crippen LogP contribution in [-0.2, 0) is 10.9 Å². The number of halogens is 5. The highest BCUT2D eigenvalue weighted by Gasteiger charge is 2.33. The lowest BCUT2D eigenvalue weighted by atomic mass is 9.96. The summed E-state index contributed by atoms with van der Waals surface area (Å²) in [6.45, 7) is 4.86. The van der Waals surface area contributed by atoms with Gasteiger partial charge in [0.2, 0.25) is 5.95 Å². The number of hydrogen-bond donors (Lipinski definition) is 2. The van der Waals surface area contributed by atoms with Gasteiger partial charge in [0.15, 0.2) is 0 Å². The lowest BCUT2D eigenvalue weighted by Gasteiger charge is -2.27. The average Bonchev–Trinajstić information content (AvgIpc) is 2.59. The second-order valence-corrected chi connectivity index (χ2v) is 8.14. The number of aliphatic hydroxyl groups excluding tert-OH is 1. The fourth-order valence-electron chi connectivity index (χ4n) is 2.48. The van der Waals surface area contributed by atoms with E-state index in [9.17, 15) is 27.5 Å². The molecule has 0 saturated carbocycles. The number of aromatic nitrogens is 1. The number of carbonyl (C=O) groups excluding carboxylic acids is 1. The maximum Gasteiger partial charge on any atom is 0.416 e. The molecule has 10 heteroatoms. The SMILES string of the molecule is CC(C)(C)OC(=O)N[C@H](c1cc(Br)cnc1F)[C@H](O)c1ccc(C(F)(F)F)cc1. The zero-order valence-electron chi connectivity index (χ0n) is 15.7. The standard InChI is InChI=1S/C19H19BrF4N2O3/c1-18(2,3)29-17(28)26-14(13-8-12(20)9-25-16(13)21)15(27)10-4-6-11(7-5-10)19(22,23)24/h4-9,14-15,27H,1-3H3,(H,26,28)/t14-,15-/m1/s1. The first-order valence-corrected chi connectivity index (χ1v) is 9.23. The van der Waals surface area contributed by atoms with Crippen molar-refractivity contribution in [3.05, 3.63) is 63.6 Å². The molecular formula is C19H19BrF4N2O3. The zero-order chi connectivity index (χ0) is 22.0. The van der Waals surface area contributed by atoms with Gasteiger partial charge in [-0.3, -0.25) is 0 Å². The van der Waals surface area contributed by atoms with Gasteiger partial charge in [-0.05, 0) is 60.5 Å². The number of hydrogen-bond acceptors (Lipinski definition) is 4. The van der Waals surface area contributed by atoms with Crippen LogP contribution < -0.4 is 5.32 Å². The monoisotopic (exact) mass is 478 g/mol. The molecule has 29 heavy (non-hydrogen) atoms. The fourth-order valence-corrected chi connectivity index (χ4v) is 2.83. The van der Waals surface area contributed by atoms with Gasteiger partial charge in [0, 0.05) is 16.2 Å². The maximum atomic E-state index is 14.3. The molecule has 1 amide bonds. The summed E-state index contributed by atoms with van der Waals surface area (Å²) in [5, 5.41) is 13.1. The van der Waals surface area contributed by atoms with Crippen molar-refractivity contribution in [1.82, 2.24) is 10.3 Å². The number of alkyl halides is 3. The number of alkyl carbamates (subject to hydrolysis) is 1. The van der Waals surface area contributed by atoms with Crippen molar-refractivity contribution in [3.63, 3.8) is 0 Å². The van der Waals surface area contributed by atoms with Crippen LogP contribution in [0, 0.1) is 5.95 Å². The topological polar surface area (TPSA) is 71.5 Å². The molecule has 0 bridgehead atoms. The van der Waals surface area contributed by atoms with Crippen LogP contribution in [0.4, 0.5) is 22.4 Å². The van der Waals surface area contributed by atoms with Gasteiger partial charge in [-0.25, -0.2) is 9.78 Å². The Hall–Kier alpha value is -2.20. The number of nitrogens with zero attached hydrogens (tertiary/aromatic N) is 1. The van der Waals surface area contributed by atoms with Crippen LogP contribution in [0.25, 0.3) is 0 Å². The number of amides is 1. The van der Waals surface area contributed by atoms with E-state index in [1.165, 1.54) is 12.3 Å². The third-order valence-electron chi connectivity index (χ3n) is 3.74. The zero-order valence-corrected chi connectivity index (χ0v) is 17.3. The first-order valence-electron chi connectivity index (χ1n) is 8.43. The highest BCUT2D eigenvalue weighted by molar-refractivity contribution is 9.10. The Morgan fingerprint density at radius 2 is 1.79 bits per heavy atom. The Bertz CT molecular complexity index is 867. The van der Waals surface area contributed by atoms with Crippen LogP contribution in [0.5, 0.6) is 0 Å². The first-order chi connectivity index (χ1) is 13.3. The molecular weight excluding hydrogens is 460 g/mol. The van der Waals surface area contributed by atoms with Crippen LogP contribution in [0.15, 0.2) is 41.0 Å². The molecule has 1 aromatic carbocycles. The van der Waals surface area contributed by atoms with E-state index >= 15 is 0 Å². The van der Waals surface area contributed by atoms with Crippen LogP contribution in [0.2, 0.25) is 0 Å². The minimum atomic E-state index is -4.54. The summed E-state index contributed by atoms with van der Waals surface area (Å²) in [5.41, 5.74) is -1.89. The summed E-state index contributed by atoms with van der Waals surface area (Å²) >= 11 is 3.14. The van der Waals surface area contributed by atoms with Crippen molar-refractivity contribution in [2.45, 2.75) is 44.7 Å². The van der Waals surface area contributed by atoms with E-state index < -0.39 is 41.5 Å². The first kappa shape index (κ1) is 23.1. The number of benzene rings is 1. The quantitative estimate of drug-likeness (QED) is 0.461. The molecule has 1 aromatic heterocycles. The third kappa shape index (κ3) is 6.40. The summed E-state index contributed by atoms with van der Waals surface area (Å²) in [7, 11) is 0. The molecule has 158 valence electrons. The van der Waals surface area contributed by atoms with Crippen molar-refractivity contribution >= 4 is 22.0 Å². The minimum absolute atomic E-state index is 0.0402. The number of nitrogens with one attached hydrogen (secondary N) is 1. The van der Waals surface area contributed by atoms with E-state index in [1.54, 1.807) is 20.8 Å². The van der Waals surface area contributed by atoms with Gasteiger partial charge in [0.1, 0.15) is 11.7 Å². The molecule has 0 fully saturated rings. The lowest BCUT2D eigenvalue weighted by Crippen LogP contribution is -2.37. The minimum Gasteiger partial charge on any atom is -0.444 e. The highest BCUT2D eigenvalue weighted by atomic mass is 79.9. The Morgan fingerprint density at radius 3 is 2.31 bits per heavy atom. The summed E-state index contributed by atoms with van der Waals surface area (Å²) in [4.78, 5) is 15.8. The third-order valence-corrected chi connectivity index (χ3v) is 4.17. The van der Waals surface area contributed by atoms with E-state index in [0.717, 1.165) is 24.3 Å². The molecule has 5 nitrogen and oxygen atoms in total. The van der Waals surface area contributed by atoms with E-state index in [4.69, 9.17) is 4.74 Å². The molecule has 0 radical (unpaired) electrons. The molecule has 0 unspecified atom stereocenters. The van der Waals surface area contributed by atoms with Crippen LogP contribution >= 0.6 is 15.9 Å². The Morgan fingerprint density at radius 1 is 1.21 bits per heavy atom. The predicted octanol–water partition coefficient (Wildman–Crippen LogP) is 5.30. The normalized spacial score (nSPS) is 14.2. The van der Waals surface area contributed by atoms with Crippen LogP contribution in [0.3, 0.4) is 0 Å². The number of ether oxygens (including phenoxy) is 1. The Balaban J connectivity index is 2.40. The summed E-state index contributed by atoms with van der Waals surface area (Å²) in [6.07, 6.45) is -5.87. The molecule has 0 saturated heterocycles. The highest BCUT2D eigenvalue weighted by Crippen LogP contribution is 2.34. The molecule has 2 rings (SSSR count). The van der Waals surface area contributed by atoms with Crippen molar-refractivity contribution in [2.75, 3.05) is 0 Å². The molecule has 2 N–H and O–H groups in total. The van der Waals surface area contributed by atoms with Crippen molar-refractivity contribution in [3.8, 4) is 0 Å². The fraction of sp³-hybridized carbons (Fsp3) is 0.368. The number of carbonyl (C=O) groups is 1. The Labute approximate surface area is 173 Å². The van der Waals surface area contributed by atoms with Crippen molar-refractivity contribution in [2.24, 2.45) is 0 Å². The number of pyridine rings is 1. The van der Waals surface area contributed by atoms with Gasteiger partial charge in [0.25, 0.3) is 0 Å². The maximum absolute atomic E-state index is 14.3. The van der Waals surface area contributed by atoms with Crippen molar-refractivity contribution in [1.29, 1.82) is 0 Å². The van der Waals surface area contributed by atoms with E-state index in [2.05, 4.69) is 26.2 Å². The molecule has 0 aliphatic heterocycles. The molecule has 0 aliphatic carbocycles. The molecule has 0 spiro atoms. The van der Waals surface area contributed by atoms with Gasteiger partial charge in [-0.15, -0.1) is 0 Å². The second kappa shape index (κ2) is 8.66. The molecule has 2 aromatic rings. The lowest BCUT2D eigenvalue weighted by molar-refractivity contribution is -0.137. The number of aliphatic hydroxyl groups is 1. The summed E-state index contributed by atoms with van der Waals surface area (Å²) < 4.78 is 58.2. The smallest absolute Gasteiger partial charge is 0.416 e. The van der Waals surface area contributed by atoms with Crippen molar-refractivity contribution < 1.29 is 32.2 Å². The van der Waals surface area contributed by atoms with Gasteiger partial charge in [0.05, 0.1) is 11.6 Å². The molecule has 1 heterocycles. The van der Waals surface area contributed by atoms with Gasteiger partial charge in [-0.2, -0.15) is 17.6 Å². The Kier molecular flexibility index (Phi) is 6.89. The van der Waals surface area contributed by atoms with Gasteiger partial charge >= 0.3 is 12.3 Å². The summed E-state index contributed by atoms with van der Waals surface area (Å²) in [6, 6.07) is 3.63. The van der Waals surface area contributed by atoms with E-state index in [1.807, 2.05) is 0 Å². The van der Waals surface area contributed by atoms with Gasteiger partial charge in [-0.1, -0.05) is 12.1 Å². The number of rotatable bonds is 4. The van der Waals surface area contributed by atoms with Crippen LogP contribution in [0.1, 0.15) is 49.6 Å². The van der Waals surface area contributed by atoms with E-state index in [0.29, 0.717) is 4.47 Å². The predicted molar refractivity (Wildman–Crippen MR) is 100 cm³/mol. The summed E-state index contributed by atoms with van der Waals surface area (Å²) in [5.74, 6) is -0.958. The second-order valence-electron chi connectivity index (χ2n) is 7.22. The molecule has 0 aliphatic rings. The largest absolute Gasteiger partial charge is 0.444 e. The van der Waals surface area contributed by atoms with Gasteiger partial charge < -0.3 is 15.2 Å². The average molecular weight is 479 g/mol. The molecule has 2 atom stereocenters.